The lowest BCUT2D eigenvalue weighted by Gasteiger charge is -2.13. The van der Waals surface area contributed by atoms with E-state index in [-0.39, 0.29) is 0 Å². The highest BCUT2D eigenvalue weighted by molar-refractivity contribution is 6.24. The molecule has 0 fully saturated rings. The number of rotatable bonds is 3. The summed E-state index contributed by atoms with van der Waals surface area (Å²) in [6.45, 7) is 0. The second kappa shape index (κ2) is 10.8. The number of hydrogen-bond acceptors (Lipinski definition) is 2. The number of imidazole rings is 1. The van der Waals surface area contributed by atoms with Crippen LogP contribution in [0.15, 0.2) is 176 Å². The molecule has 0 radical (unpaired) electrons. The Morgan fingerprint density at radius 2 is 1.02 bits per heavy atom. The standard InChI is InChI=1S/C48H29N3/c1-2-10-31(11-3-1)41-29-43(49-42-17-9-8-16-38(41)42)34-20-18-30(19-21-34)35-23-25-39-40-26-22-32-12-4-6-14-36(32)46(40)48-50-47-37-15-7-5-13-33(37)24-27-44(47)51(48)45(39)28-35/h1-29H. The lowest BCUT2D eigenvalue weighted by molar-refractivity contribution is 1.32. The Kier molecular flexibility index (Phi) is 5.96. The fourth-order valence-corrected chi connectivity index (χ4v) is 8.10. The summed E-state index contributed by atoms with van der Waals surface area (Å²) in [6, 6.07) is 63.1. The molecule has 3 aromatic heterocycles. The van der Waals surface area contributed by atoms with Crippen LogP contribution in [0.5, 0.6) is 0 Å². The van der Waals surface area contributed by atoms with Crippen LogP contribution < -0.4 is 0 Å². The van der Waals surface area contributed by atoms with Gasteiger partial charge in [-0.3, -0.25) is 4.40 Å². The van der Waals surface area contributed by atoms with E-state index in [2.05, 4.69) is 180 Å². The average Bonchev–Trinajstić information content (AvgIpc) is 3.61. The maximum Gasteiger partial charge on any atom is 0.147 e. The molecule has 3 heterocycles. The first-order chi connectivity index (χ1) is 25.3. The molecular formula is C48H29N3. The minimum absolute atomic E-state index is 0.968. The third kappa shape index (κ3) is 4.25. The van der Waals surface area contributed by atoms with Crippen LogP contribution in [0, 0.1) is 0 Å². The number of hydrogen-bond donors (Lipinski definition) is 0. The van der Waals surface area contributed by atoms with Crippen LogP contribution in [0.3, 0.4) is 0 Å². The molecule has 51 heavy (non-hydrogen) atoms. The molecule has 0 saturated carbocycles. The summed E-state index contributed by atoms with van der Waals surface area (Å²) in [5, 5.41) is 9.59. The number of aromatic nitrogens is 3. The van der Waals surface area contributed by atoms with Crippen molar-refractivity contribution in [3.8, 4) is 33.5 Å². The SMILES string of the molecule is c1ccc(-c2cc(-c3ccc(-c4ccc5c6ccc7ccccc7c6c6nc7c8ccccc8ccc7n6c5c4)cc3)nc3ccccc23)cc1. The summed E-state index contributed by atoms with van der Waals surface area (Å²) < 4.78 is 2.38. The van der Waals surface area contributed by atoms with Crippen molar-refractivity contribution in [1.29, 1.82) is 0 Å². The Labute approximate surface area is 293 Å². The highest BCUT2D eigenvalue weighted by atomic mass is 15.0. The summed E-state index contributed by atoms with van der Waals surface area (Å²) >= 11 is 0. The lowest BCUT2D eigenvalue weighted by Crippen LogP contribution is -1.93. The maximum atomic E-state index is 5.43. The zero-order chi connectivity index (χ0) is 33.5. The molecular weight excluding hydrogens is 619 g/mol. The van der Waals surface area contributed by atoms with Gasteiger partial charge in [-0.1, -0.05) is 152 Å². The smallest absolute Gasteiger partial charge is 0.147 e. The van der Waals surface area contributed by atoms with Crippen LogP contribution in [-0.2, 0) is 0 Å². The van der Waals surface area contributed by atoms with Gasteiger partial charge in [-0.2, -0.15) is 0 Å². The zero-order valence-corrected chi connectivity index (χ0v) is 27.6. The van der Waals surface area contributed by atoms with Gasteiger partial charge in [0.2, 0.25) is 0 Å². The van der Waals surface area contributed by atoms with E-state index in [1.807, 2.05) is 0 Å². The van der Waals surface area contributed by atoms with E-state index in [1.54, 1.807) is 0 Å². The van der Waals surface area contributed by atoms with Crippen molar-refractivity contribution in [3.63, 3.8) is 0 Å². The quantitative estimate of drug-likeness (QED) is 0.179. The third-order valence-electron chi connectivity index (χ3n) is 10.5. The normalized spacial score (nSPS) is 11.9. The predicted molar refractivity (Wildman–Crippen MR) is 214 cm³/mol. The summed E-state index contributed by atoms with van der Waals surface area (Å²) in [6.07, 6.45) is 0. The van der Waals surface area contributed by atoms with Gasteiger partial charge < -0.3 is 0 Å². The van der Waals surface area contributed by atoms with Gasteiger partial charge in [-0.15, -0.1) is 0 Å². The highest BCUT2D eigenvalue weighted by Crippen LogP contribution is 2.40. The molecule has 11 rings (SSSR count). The number of nitrogens with zero attached hydrogens (tertiary/aromatic N) is 3. The number of fused-ring (bicyclic) bond motifs is 13. The minimum atomic E-state index is 0.968. The fourth-order valence-electron chi connectivity index (χ4n) is 8.10. The van der Waals surface area contributed by atoms with E-state index >= 15 is 0 Å². The zero-order valence-electron chi connectivity index (χ0n) is 27.6. The van der Waals surface area contributed by atoms with Crippen molar-refractivity contribution in [1.82, 2.24) is 14.4 Å². The van der Waals surface area contributed by atoms with Crippen molar-refractivity contribution in [2.45, 2.75) is 0 Å². The molecule has 8 aromatic carbocycles. The van der Waals surface area contributed by atoms with Crippen LogP contribution in [0.2, 0.25) is 0 Å². The third-order valence-corrected chi connectivity index (χ3v) is 10.5. The number of para-hydroxylation sites is 1. The van der Waals surface area contributed by atoms with Crippen molar-refractivity contribution in [2.75, 3.05) is 0 Å². The number of benzene rings is 8. The van der Waals surface area contributed by atoms with Crippen molar-refractivity contribution in [2.24, 2.45) is 0 Å². The minimum Gasteiger partial charge on any atom is -0.292 e. The van der Waals surface area contributed by atoms with Crippen LogP contribution >= 0.6 is 0 Å². The van der Waals surface area contributed by atoms with Crippen LogP contribution in [-0.4, -0.2) is 14.4 Å². The molecule has 0 aliphatic carbocycles. The van der Waals surface area contributed by atoms with E-state index in [4.69, 9.17) is 9.97 Å². The largest absolute Gasteiger partial charge is 0.292 e. The molecule has 0 aliphatic rings. The lowest BCUT2D eigenvalue weighted by atomic mass is 9.96. The summed E-state index contributed by atoms with van der Waals surface area (Å²) in [5.74, 6) is 0. The molecule has 0 amide bonds. The first-order valence-corrected chi connectivity index (χ1v) is 17.4. The van der Waals surface area contributed by atoms with Crippen LogP contribution in [0.4, 0.5) is 0 Å². The van der Waals surface area contributed by atoms with Gasteiger partial charge in [-0.05, 0) is 68.1 Å². The van der Waals surface area contributed by atoms with Crippen molar-refractivity contribution < 1.29 is 0 Å². The van der Waals surface area contributed by atoms with E-state index in [9.17, 15) is 0 Å². The first-order valence-electron chi connectivity index (χ1n) is 17.4. The molecule has 236 valence electrons. The van der Waals surface area contributed by atoms with Crippen molar-refractivity contribution in [3.05, 3.63) is 176 Å². The fraction of sp³-hybridized carbons (Fsp3) is 0. The predicted octanol–water partition coefficient (Wildman–Crippen LogP) is 12.6. The summed E-state index contributed by atoms with van der Waals surface area (Å²) in [5.41, 5.74) is 12.1. The monoisotopic (exact) mass is 647 g/mol. The average molecular weight is 648 g/mol. The summed E-state index contributed by atoms with van der Waals surface area (Å²) in [4.78, 5) is 10.5. The Bertz CT molecular complexity index is 3170. The molecule has 0 spiro atoms. The van der Waals surface area contributed by atoms with Gasteiger partial charge >= 0.3 is 0 Å². The molecule has 0 aliphatic heterocycles. The molecule has 3 heteroatoms. The number of pyridine rings is 2. The van der Waals surface area contributed by atoms with Crippen LogP contribution in [0.25, 0.3) is 104 Å². The Hall–Kier alpha value is -6.84. The van der Waals surface area contributed by atoms with Gasteiger partial charge in [0.05, 0.1) is 27.8 Å². The Morgan fingerprint density at radius 3 is 1.86 bits per heavy atom. The van der Waals surface area contributed by atoms with E-state index in [0.717, 1.165) is 55.5 Å². The van der Waals surface area contributed by atoms with Gasteiger partial charge in [-0.25, -0.2) is 9.97 Å². The molecule has 0 bridgehead atoms. The Morgan fingerprint density at radius 1 is 0.373 bits per heavy atom. The van der Waals surface area contributed by atoms with Crippen molar-refractivity contribution >= 4 is 70.8 Å². The van der Waals surface area contributed by atoms with Gasteiger partial charge in [0, 0.05) is 27.1 Å². The van der Waals surface area contributed by atoms with Crippen LogP contribution in [0.1, 0.15) is 0 Å². The first kappa shape index (κ1) is 28.0. The Balaban J connectivity index is 1.12. The maximum absolute atomic E-state index is 5.43. The molecule has 0 N–H and O–H groups in total. The summed E-state index contributed by atoms with van der Waals surface area (Å²) in [7, 11) is 0. The second-order valence-electron chi connectivity index (χ2n) is 13.4. The van der Waals surface area contributed by atoms with Gasteiger partial charge in [0.25, 0.3) is 0 Å². The van der Waals surface area contributed by atoms with Gasteiger partial charge in [0.1, 0.15) is 5.65 Å². The molecule has 0 saturated heterocycles. The molecule has 3 nitrogen and oxygen atoms in total. The molecule has 0 atom stereocenters. The van der Waals surface area contributed by atoms with E-state index in [1.165, 1.54) is 48.8 Å². The molecule has 11 aromatic rings. The topological polar surface area (TPSA) is 30.2 Å². The second-order valence-corrected chi connectivity index (χ2v) is 13.4. The van der Waals surface area contributed by atoms with E-state index in [0.29, 0.717) is 0 Å². The van der Waals surface area contributed by atoms with Gasteiger partial charge in [0.15, 0.2) is 0 Å². The van der Waals surface area contributed by atoms with E-state index < -0.39 is 0 Å². The highest BCUT2D eigenvalue weighted by Gasteiger charge is 2.18. The molecule has 0 unspecified atom stereocenters.